The minimum atomic E-state index is 0.247. The number of phenols is 1. The third-order valence-corrected chi connectivity index (χ3v) is 7.20. The molecule has 112 valence electrons. The van der Waals surface area contributed by atoms with Gasteiger partial charge in [-0.3, -0.25) is 0 Å². The third kappa shape index (κ3) is 2.92. The molecule has 0 aliphatic carbocycles. The Bertz CT molecular complexity index is 644. The minimum Gasteiger partial charge on any atom is -0.508 e. The molecule has 1 saturated heterocycles. The van der Waals surface area contributed by atoms with Crippen molar-refractivity contribution >= 4 is 23.5 Å². The predicted molar refractivity (Wildman–Crippen MR) is 87.8 cm³/mol. The summed E-state index contributed by atoms with van der Waals surface area (Å²) in [7, 11) is 0. The zero-order valence-corrected chi connectivity index (χ0v) is 13.9. The number of nitrogens with zero attached hydrogens (tertiary/aromatic N) is 2. The van der Waals surface area contributed by atoms with Crippen LogP contribution in [0.2, 0.25) is 0 Å². The van der Waals surface area contributed by atoms with E-state index < -0.39 is 0 Å². The summed E-state index contributed by atoms with van der Waals surface area (Å²) in [6.45, 7) is 6.36. The molecular weight excluding hydrogens is 304 g/mol. The second-order valence-corrected chi connectivity index (χ2v) is 8.27. The molecule has 2 heterocycles. The highest BCUT2D eigenvalue weighted by Gasteiger charge is 2.30. The van der Waals surface area contributed by atoms with E-state index in [2.05, 4.69) is 24.0 Å². The topological polar surface area (TPSA) is 59.2 Å². The van der Waals surface area contributed by atoms with E-state index in [1.54, 1.807) is 12.1 Å². The van der Waals surface area contributed by atoms with Crippen molar-refractivity contribution in [2.45, 2.75) is 36.5 Å². The summed E-state index contributed by atoms with van der Waals surface area (Å²) in [5.74, 6) is 2.49. The van der Waals surface area contributed by atoms with Crippen LogP contribution in [-0.2, 0) is 0 Å². The molecule has 1 aliphatic rings. The van der Waals surface area contributed by atoms with E-state index in [9.17, 15) is 5.11 Å². The number of hydrogen-bond acceptors (Lipinski definition) is 6. The highest BCUT2D eigenvalue weighted by atomic mass is 32.2. The molecule has 0 radical (unpaired) electrons. The molecule has 0 bridgehead atoms. The lowest BCUT2D eigenvalue weighted by Crippen LogP contribution is -2.22. The molecule has 1 aromatic heterocycles. The predicted octanol–water partition coefficient (Wildman–Crippen LogP) is 4.05. The first-order chi connectivity index (χ1) is 10.1. The van der Waals surface area contributed by atoms with Gasteiger partial charge >= 0.3 is 0 Å². The number of aromatic nitrogens is 2. The van der Waals surface area contributed by atoms with Crippen LogP contribution in [0.15, 0.2) is 22.7 Å². The second-order valence-electron chi connectivity index (χ2n) is 5.28. The lowest BCUT2D eigenvalue weighted by atomic mass is 10.1. The van der Waals surface area contributed by atoms with E-state index in [-0.39, 0.29) is 11.0 Å². The maximum Gasteiger partial charge on any atom is 0.258 e. The SMILES string of the molecule is Cc1c(O)cccc1-c1nc(C2CSC(C)C(C)S2)no1. The number of aromatic hydroxyl groups is 1. The zero-order valence-electron chi connectivity index (χ0n) is 12.2. The molecule has 3 rings (SSSR count). The van der Waals surface area contributed by atoms with Crippen LogP contribution >= 0.6 is 23.5 Å². The van der Waals surface area contributed by atoms with E-state index >= 15 is 0 Å². The highest BCUT2D eigenvalue weighted by molar-refractivity contribution is 8.07. The molecule has 2 aromatic rings. The summed E-state index contributed by atoms with van der Waals surface area (Å²) in [6, 6.07) is 5.34. The van der Waals surface area contributed by atoms with E-state index in [4.69, 9.17) is 4.52 Å². The van der Waals surface area contributed by atoms with E-state index in [1.807, 2.05) is 36.5 Å². The van der Waals surface area contributed by atoms with E-state index in [1.165, 1.54) is 0 Å². The maximum absolute atomic E-state index is 9.78. The number of rotatable bonds is 2. The lowest BCUT2D eigenvalue weighted by Gasteiger charge is -2.29. The molecule has 0 amide bonds. The molecule has 4 nitrogen and oxygen atoms in total. The van der Waals surface area contributed by atoms with Crippen LogP contribution in [0.25, 0.3) is 11.5 Å². The number of hydrogen-bond donors (Lipinski definition) is 1. The Balaban J connectivity index is 1.85. The quantitative estimate of drug-likeness (QED) is 0.900. The molecule has 1 aromatic carbocycles. The Morgan fingerprint density at radius 3 is 2.86 bits per heavy atom. The summed E-state index contributed by atoms with van der Waals surface area (Å²) in [5, 5.41) is 15.4. The fourth-order valence-electron chi connectivity index (χ4n) is 2.25. The Hall–Kier alpha value is -1.14. The normalized spacial score (nSPS) is 26.0. The van der Waals surface area contributed by atoms with E-state index in [0.717, 1.165) is 22.7 Å². The lowest BCUT2D eigenvalue weighted by molar-refractivity contribution is 0.421. The van der Waals surface area contributed by atoms with Gasteiger partial charge in [0.05, 0.1) is 5.25 Å². The number of phenolic OH excluding ortho intramolecular Hbond substituents is 1. The van der Waals surface area contributed by atoms with Gasteiger partial charge in [0.2, 0.25) is 0 Å². The average Bonchev–Trinajstić information content (AvgIpc) is 2.94. The minimum absolute atomic E-state index is 0.247. The van der Waals surface area contributed by atoms with E-state index in [0.29, 0.717) is 16.4 Å². The van der Waals surface area contributed by atoms with Gasteiger partial charge in [-0.25, -0.2) is 0 Å². The van der Waals surface area contributed by atoms with Gasteiger partial charge in [-0.1, -0.05) is 25.1 Å². The van der Waals surface area contributed by atoms with Gasteiger partial charge in [-0.2, -0.15) is 16.7 Å². The van der Waals surface area contributed by atoms with Gasteiger partial charge in [0, 0.05) is 27.4 Å². The molecule has 1 aliphatic heterocycles. The first kappa shape index (κ1) is 14.8. The van der Waals surface area contributed by atoms with Crippen molar-refractivity contribution in [1.29, 1.82) is 0 Å². The van der Waals surface area contributed by atoms with Crippen molar-refractivity contribution in [3.63, 3.8) is 0 Å². The monoisotopic (exact) mass is 322 g/mol. The van der Waals surface area contributed by atoms with Crippen LogP contribution in [0, 0.1) is 6.92 Å². The summed E-state index contributed by atoms with van der Waals surface area (Å²) in [6.07, 6.45) is 0. The molecule has 3 atom stereocenters. The first-order valence-electron chi connectivity index (χ1n) is 6.96. The smallest absolute Gasteiger partial charge is 0.258 e. The van der Waals surface area contributed by atoms with Crippen LogP contribution < -0.4 is 0 Å². The Morgan fingerprint density at radius 1 is 1.29 bits per heavy atom. The van der Waals surface area contributed by atoms with Crippen molar-refractivity contribution in [1.82, 2.24) is 10.1 Å². The van der Waals surface area contributed by atoms with Gasteiger partial charge in [0.1, 0.15) is 5.75 Å². The van der Waals surface area contributed by atoms with Crippen LogP contribution in [0.5, 0.6) is 5.75 Å². The zero-order chi connectivity index (χ0) is 15.0. The fraction of sp³-hybridized carbons (Fsp3) is 0.467. The first-order valence-corrected chi connectivity index (χ1v) is 8.95. The van der Waals surface area contributed by atoms with Crippen LogP contribution in [0.3, 0.4) is 0 Å². The van der Waals surface area contributed by atoms with Gasteiger partial charge in [-0.05, 0) is 19.1 Å². The molecular formula is C15H18N2O2S2. The molecule has 21 heavy (non-hydrogen) atoms. The van der Waals surface area contributed by atoms with Gasteiger partial charge in [0.15, 0.2) is 5.82 Å². The molecule has 6 heteroatoms. The van der Waals surface area contributed by atoms with Crippen molar-refractivity contribution in [3.05, 3.63) is 29.6 Å². The van der Waals surface area contributed by atoms with Crippen molar-refractivity contribution < 1.29 is 9.63 Å². The molecule has 3 unspecified atom stereocenters. The maximum atomic E-state index is 9.78. The van der Waals surface area contributed by atoms with Crippen molar-refractivity contribution in [2.24, 2.45) is 0 Å². The number of benzene rings is 1. The van der Waals surface area contributed by atoms with Gasteiger partial charge in [0.25, 0.3) is 5.89 Å². The molecule has 1 fully saturated rings. The molecule has 0 saturated carbocycles. The summed E-state index contributed by atoms with van der Waals surface area (Å²) < 4.78 is 5.41. The Kier molecular flexibility index (Phi) is 4.17. The average molecular weight is 322 g/mol. The summed E-state index contributed by atoms with van der Waals surface area (Å²) >= 11 is 3.87. The Labute approximate surface area is 132 Å². The van der Waals surface area contributed by atoms with Crippen molar-refractivity contribution in [2.75, 3.05) is 5.75 Å². The van der Waals surface area contributed by atoms with Gasteiger partial charge < -0.3 is 9.63 Å². The van der Waals surface area contributed by atoms with Crippen LogP contribution in [0.4, 0.5) is 0 Å². The third-order valence-electron chi connectivity index (χ3n) is 3.82. The number of thioether (sulfide) groups is 2. The molecule has 1 N–H and O–H groups in total. The second kappa shape index (κ2) is 5.93. The summed E-state index contributed by atoms with van der Waals surface area (Å²) in [4.78, 5) is 4.54. The standard InChI is InChI=1S/C15H18N2O2S2/c1-8-11(5-4-6-12(8)18)15-16-14(17-19-15)13-7-20-9(2)10(3)21-13/h4-6,9-10,13,18H,7H2,1-3H3. The molecule has 0 spiro atoms. The van der Waals surface area contributed by atoms with Crippen LogP contribution in [0.1, 0.15) is 30.5 Å². The van der Waals surface area contributed by atoms with Crippen LogP contribution in [-0.4, -0.2) is 31.5 Å². The largest absolute Gasteiger partial charge is 0.508 e. The summed E-state index contributed by atoms with van der Waals surface area (Å²) in [5.41, 5.74) is 1.56. The highest BCUT2D eigenvalue weighted by Crippen LogP contribution is 2.43. The Morgan fingerprint density at radius 2 is 2.10 bits per heavy atom. The fourth-order valence-corrected chi connectivity index (χ4v) is 5.08. The van der Waals surface area contributed by atoms with Gasteiger partial charge in [-0.15, -0.1) is 11.8 Å². The van der Waals surface area contributed by atoms with Crippen molar-refractivity contribution in [3.8, 4) is 17.2 Å².